The Bertz CT molecular complexity index is 767. The minimum absolute atomic E-state index is 0.475. The smallest absolute Gasteiger partial charge is 0.0881 e. The molecular formula is C14H10Cl3N3. The van der Waals surface area contributed by atoms with E-state index in [-0.39, 0.29) is 0 Å². The topological polar surface area (TPSA) is 40.7 Å². The average Bonchev–Trinajstić information content (AvgIpc) is 2.92. The van der Waals surface area contributed by atoms with Gasteiger partial charge in [0.15, 0.2) is 0 Å². The van der Waals surface area contributed by atoms with Crippen LogP contribution in [0.3, 0.4) is 0 Å². The van der Waals surface area contributed by atoms with Gasteiger partial charge in [-0.15, -0.1) is 0 Å². The Kier molecular flexibility index (Phi) is 3.74. The van der Waals surface area contributed by atoms with Crippen molar-refractivity contribution in [2.24, 2.45) is 0 Å². The third-order valence-electron chi connectivity index (χ3n) is 3.07. The van der Waals surface area contributed by atoms with E-state index < -0.39 is 0 Å². The van der Waals surface area contributed by atoms with Crippen molar-refractivity contribution in [2.75, 3.05) is 5.32 Å². The molecule has 0 bridgehead atoms. The van der Waals surface area contributed by atoms with E-state index in [1.54, 1.807) is 18.3 Å². The summed E-state index contributed by atoms with van der Waals surface area (Å²) in [6, 6.07) is 9.34. The highest BCUT2D eigenvalue weighted by molar-refractivity contribution is 6.44. The first-order chi connectivity index (χ1) is 9.66. The summed E-state index contributed by atoms with van der Waals surface area (Å²) in [5.74, 6) is 0. The maximum Gasteiger partial charge on any atom is 0.0881 e. The van der Waals surface area contributed by atoms with Crippen LogP contribution in [0.4, 0.5) is 5.69 Å². The van der Waals surface area contributed by atoms with Crippen molar-refractivity contribution in [1.29, 1.82) is 0 Å². The van der Waals surface area contributed by atoms with E-state index in [1.807, 2.05) is 18.2 Å². The fourth-order valence-electron chi connectivity index (χ4n) is 2.03. The Morgan fingerprint density at radius 3 is 2.70 bits per heavy atom. The summed E-state index contributed by atoms with van der Waals surface area (Å²) >= 11 is 18.4. The number of benzene rings is 2. The Hall–Kier alpha value is -1.42. The molecule has 0 fully saturated rings. The molecule has 0 aliphatic carbocycles. The number of fused-ring (bicyclic) bond motifs is 1. The first-order valence-corrected chi connectivity index (χ1v) is 7.08. The van der Waals surface area contributed by atoms with Crippen LogP contribution in [0, 0.1) is 0 Å². The number of nitrogens with one attached hydrogen (secondary N) is 2. The van der Waals surface area contributed by atoms with Gasteiger partial charge in [-0.25, -0.2) is 0 Å². The second-order valence-electron chi connectivity index (χ2n) is 4.32. The Labute approximate surface area is 130 Å². The summed E-state index contributed by atoms with van der Waals surface area (Å²) in [4.78, 5) is 0. The number of hydrogen-bond donors (Lipinski definition) is 2. The Balaban J connectivity index is 1.90. The predicted molar refractivity (Wildman–Crippen MR) is 84.9 cm³/mol. The molecule has 2 N–H and O–H groups in total. The number of nitrogens with zero attached hydrogens (tertiary/aromatic N) is 1. The number of rotatable bonds is 3. The molecule has 3 rings (SSSR count). The summed E-state index contributed by atoms with van der Waals surface area (Å²) < 4.78 is 0. The van der Waals surface area contributed by atoms with E-state index in [2.05, 4.69) is 15.5 Å². The summed E-state index contributed by atoms with van der Waals surface area (Å²) in [7, 11) is 0. The SMILES string of the molecule is Clc1ccc(Cl)c(CNc2cccc3cn[nH]c23)c1Cl. The summed E-state index contributed by atoms with van der Waals surface area (Å²) in [5.41, 5.74) is 2.66. The normalized spacial score (nSPS) is 10.9. The van der Waals surface area contributed by atoms with Gasteiger partial charge in [0.05, 0.1) is 27.4 Å². The van der Waals surface area contributed by atoms with Crippen molar-refractivity contribution in [3.8, 4) is 0 Å². The highest BCUT2D eigenvalue weighted by atomic mass is 35.5. The molecular weight excluding hydrogens is 317 g/mol. The summed E-state index contributed by atoms with van der Waals surface area (Å²) in [6.07, 6.45) is 1.78. The average molecular weight is 327 g/mol. The van der Waals surface area contributed by atoms with Crippen LogP contribution in [0.5, 0.6) is 0 Å². The zero-order valence-electron chi connectivity index (χ0n) is 10.3. The van der Waals surface area contributed by atoms with Gasteiger partial charge in [0.2, 0.25) is 0 Å². The molecule has 3 nitrogen and oxygen atoms in total. The molecule has 102 valence electrons. The van der Waals surface area contributed by atoms with Gasteiger partial charge in [0.25, 0.3) is 0 Å². The van der Waals surface area contributed by atoms with Crippen LogP contribution in [0.15, 0.2) is 36.5 Å². The molecule has 0 aliphatic rings. The van der Waals surface area contributed by atoms with Crippen LogP contribution in [0.1, 0.15) is 5.56 Å². The van der Waals surface area contributed by atoms with Crippen molar-refractivity contribution < 1.29 is 0 Å². The molecule has 0 amide bonds. The molecule has 20 heavy (non-hydrogen) atoms. The molecule has 0 unspecified atom stereocenters. The molecule has 0 saturated heterocycles. The van der Waals surface area contributed by atoms with Crippen LogP contribution in [-0.4, -0.2) is 10.2 Å². The third-order valence-corrected chi connectivity index (χ3v) is 4.27. The first kappa shape index (κ1) is 13.6. The van der Waals surface area contributed by atoms with E-state index in [9.17, 15) is 0 Å². The Morgan fingerprint density at radius 1 is 1.05 bits per heavy atom. The van der Waals surface area contributed by atoms with E-state index in [0.717, 1.165) is 22.2 Å². The largest absolute Gasteiger partial charge is 0.379 e. The van der Waals surface area contributed by atoms with Gasteiger partial charge < -0.3 is 5.32 Å². The fourth-order valence-corrected chi connectivity index (χ4v) is 2.71. The maximum atomic E-state index is 6.19. The van der Waals surface area contributed by atoms with Gasteiger partial charge in [0, 0.05) is 22.5 Å². The minimum atomic E-state index is 0.475. The monoisotopic (exact) mass is 325 g/mol. The molecule has 3 aromatic rings. The van der Waals surface area contributed by atoms with Crippen molar-refractivity contribution in [3.05, 3.63) is 57.2 Å². The number of aromatic amines is 1. The third kappa shape index (κ3) is 2.44. The van der Waals surface area contributed by atoms with Crippen LogP contribution >= 0.6 is 34.8 Å². The lowest BCUT2D eigenvalue weighted by Gasteiger charge is -2.11. The molecule has 0 atom stereocenters. The summed E-state index contributed by atoms with van der Waals surface area (Å²) in [5, 5.41) is 12.9. The number of hydrogen-bond acceptors (Lipinski definition) is 2. The van der Waals surface area contributed by atoms with E-state index in [1.165, 1.54) is 0 Å². The van der Waals surface area contributed by atoms with Crippen molar-refractivity contribution in [3.63, 3.8) is 0 Å². The lowest BCUT2D eigenvalue weighted by atomic mass is 10.2. The highest BCUT2D eigenvalue weighted by Crippen LogP contribution is 2.32. The van der Waals surface area contributed by atoms with Crippen molar-refractivity contribution in [1.82, 2.24) is 10.2 Å². The minimum Gasteiger partial charge on any atom is -0.379 e. The van der Waals surface area contributed by atoms with Crippen molar-refractivity contribution in [2.45, 2.75) is 6.54 Å². The molecule has 0 spiro atoms. The number of para-hydroxylation sites is 1. The summed E-state index contributed by atoms with van der Waals surface area (Å²) in [6.45, 7) is 0.483. The molecule has 2 aromatic carbocycles. The highest BCUT2D eigenvalue weighted by Gasteiger charge is 2.10. The predicted octanol–water partition coefficient (Wildman–Crippen LogP) is 5.14. The van der Waals surface area contributed by atoms with Crippen LogP contribution in [0.2, 0.25) is 15.1 Å². The van der Waals surface area contributed by atoms with Gasteiger partial charge in [-0.3, -0.25) is 5.10 Å². The van der Waals surface area contributed by atoms with Crippen LogP contribution < -0.4 is 5.32 Å². The first-order valence-electron chi connectivity index (χ1n) is 5.95. The second kappa shape index (κ2) is 5.52. The van der Waals surface area contributed by atoms with Gasteiger partial charge in [-0.2, -0.15) is 5.10 Å². The zero-order chi connectivity index (χ0) is 14.1. The fraction of sp³-hybridized carbons (Fsp3) is 0.0714. The molecule has 0 radical (unpaired) electrons. The van der Waals surface area contributed by atoms with Gasteiger partial charge in [0.1, 0.15) is 0 Å². The number of H-pyrrole nitrogens is 1. The van der Waals surface area contributed by atoms with Gasteiger partial charge >= 0.3 is 0 Å². The van der Waals surface area contributed by atoms with E-state index in [0.29, 0.717) is 21.6 Å². The molecule has 6 heteroatoms. The number of aromatic nitrogens is 2. The maximum absolute atomic E-state index is 6.19. The van der Waals surface area contributed by atoms with Gasteiger partial charge in [-0.05, 0) is 18.2 Å². The van der Waals surface area contributed by atoms with Crippen LogP contribution in [-0.2, 0) is 6.54 Å². The van der Waals surface area contributed by atoms with E-state index in [4.69, 9.17) is 34.8 Å². The molecule has 0 aliphatic heterocycles. The molecule has 0 saturated carbocycles. The number of anilines is 1. The lowest BCUT2D eigenvalue weighted by Crippen LogP contribution is -2.01. The van der Waals surface area contributed by atoms with Crippen LogP contribution in [0.25, 0.3) is 10.9 Å². The van der Waals surface area contributed by atoms with Gasteiger partial charge in [-0.1, -0.05) is 46.9 Å². The molecule has 1 heterocycles. The van der Waals surface area contributed by atoms with E-state index >= 15 is 0 Å². The standard InChI is InChI=1S/C14H10Cl3N3/c15-10-4-5-11(16)13(17)9(10)7-18-12-3-1-2-8-6-19-20-14(8)12/h1-6,18H,7H2,(H,19,20). The lowest BCUT2D eigenvalue weighted by molar-refractivity contribution is 1.11. The Morgan fingerprint density at radius 2 is 1.85 bits per heavy atom. The zero-order valence-corrected chi connectivity index (χ0v) is 12.5. The number of halogens is 3. The second-order valence-corrected chi connectivity index (χ2v) is 5.51. The quantitative estimate of drug-likeness (QED) is 0.655. The van der Waals surface area contributed by atoms with Crippen molar-refractivity contribution >= 4 is 51.4 Å². The molecule has 1 aromatic heterocycles.